The van der Waals surface area contributed by atoms with Crippen molar-refractivity contribution in [2.75, 3.05) is 6.61 Å². The van der Waals surface area contributed by atoms with E-state index in [-0.39, 0.29) is 18.8 Å². The van der Waals surface area contributed by atoms with Crippen LogP contribution in [0.1, 0.15) is 39.5 Å². The van der Waals surface area contributed by atoms with Gasteiger partial charge < -0.3 is 14.2 Å². The van der Waals surface area contributed by atoms with Crippen molar-refractivity contribution in [2.45, 2.75) is 33.6 Å². The van der Waals surface area contributed by atoms with Crippen LogP contribution in [0, 0.1) is 20.8 Å². The van der Waals surface area contributed by atoms with Crippen LogP contribution in [-0.4, -0.2) is 33.1 Å². The number of ketones is 1. The third-order valence-corrected chi connectivity index (χ3v) is 5.21. The van der Waals surface area contributed by atoms with E-state index in [4.69, 9.17) is 9.26 Å². The molecule has 0 aliphatic rings. The molecule has 7 heteroatoms. The van der Waals surface area contributed by atoms with Gasteiger partial charge in [-0.15, -0.1) is 0 Å². The number of carbonyl (C=O) groups is 2. The maximum absolute atomic E-state index is 12.6. The second-order valence-corrected chi connectivity index (χ2v) is 7.36. The molecule has 1 aromatic carbocycles. The zero-order valence-electron chi connectivity index (χ0n) is 17.2. The summed E-state index contributed by atoms with van der Waals surface area (Å²) in [6, 6.07) is 11.5. The maximum atomic E-state index is 12.6. The first-order valence-electron chi connectivity index (χ1n) is 9.80. The minimum atomic E-state index is -0.394. The van der Waals surface area contributed by atoms with Crippen molar-refractivity contribution in [3.8, 4) is 5.82 Å². The van der Waals surface area contributed by atoms with Crippen molar-refractivity contribution in [2.24, 2.45) is 0 Å². The molecule has 0 radical (unpaired) electrons. The lowest BCUT2D eigenvalue weighted by Gasteiger charge is -2.06. The fourth-order valence-electron chi connectivity index (χ4n) is 3.73. The van der Waals surface area contributed by atoms with Crippen LogP contribution in [0.15, 0.2) is 47.1 Å². The quantitative estimate of drug-likeness (QED) is 0.367. The van der Waals surface area contributed by atoms with Gasteiger partial charge in [-0.25, -0.2) is 0 Å². The molecule has 0 atom stereocenters. The fourth-order valence-corrected chi connectivity index (χ4v) is 3.73. The van der Waals surface area contributed by atoms with Crippen LogP contribution in [0.2, 0.25) is 0 Å². The van der Waals surface area contributed by atoms with E-state index in [9.17, 15) is 9.59 Å². The van der Waals surface area contributed by atoms with Crippen LogP contribution in [0.25, 0.3) is 16.7 Å². The summed E-state index contributed by atoms with van der Waals surface area (Å²) < 4.78 is 12.2. The summed E-state index contributed by atoms with van der Waals surface area (Å²) in [5, 5.41) is 5.11. The number of benzene rings is 1. The van der Waals surface area contributed by atoms with E-state index < -0.39 is 5.97 Å². The molecule has 0 aliphatic heterocycles. The van der Waals surface area contributed by atoms with Crippen LogP contribution >= 0.6 is 0 Å². The van der Waals surface area contributed by atoms with Gasteiger partial charge in [-0.05, 0) is 44.9 Å². The summed E-state index contributed by atoms with van der Waals surface area (Å²) in [4.78, 5) is 28.0. The molecule has 30 heavy (non-hydrogen) atoms. The third-order valence-electron chi connectivity index (χ3n) is 5.21. The number of Topliss-reactive ketones (excluding diaryl/α,β-unsaturated/α-hetero) is 1. The number of fused-ring (bicyclic) bond motifs is 1. The molecule has 4 rings (SSSR count). The zero-order chi connectivity index (χ0) is 21.3. The molecule has 4 aromatic rings. The number of esters is 1. The Kier molecular flexibility index (Phi) is 5.27. The second kappa shape index (κ2) is 8.02. The smallest absolute Gasteiger partial charge is 0.306 e. The summed E-state index contributed by atoms with van der Waals surface area (Å²) in [5.74, 6) is 0.677. The predicted molar refractivity (Wildman–Crippen MR) is 112 cm³/mol. The Balaban J connectivity index is 1.37. The van der Waals surface area contributed by atoms with Crippen molar-refractivity contribution in [3.05, 3.63) is 70.9 Å². The van der Waals surface area contributed by atoms with Gasteiger partial charge in [0, 0.05) is 46.5 Å². The van der Waals surface area contributed by atoms with Crippen LogP contribution < -0.4 is 0 Å². The zero-order valence-corrected chi connectivity index (χ0v) is 17.2. The van der Waals surface area contributed by atoms with Gasteiger partial charge >= 0.3 is 5.97 Å². The van der Waals surface area contributed by atoms with E-state index in [0.29, 0.717) is 23.6 Å². The van der Waals surface area contributed by atoms with Crippen LogP contribution in [0.5, 0.6) is 0 Å². The van der Waals surface area contributed by atoms with Gasteiger partial charge in [0.1, 0.15) is 5.76 Å². The Labute approximate surface area is 173 Å². The molecule has 0 amide bonds. The molecule has 0 saturated heterocycles. The monoisotopic (exact) mass is 405 g/mol. The fraction of sp³-hybridized carbons (Fsp3) is 0.261. The number of carbonyl (C=O) groups excluding carboxylic acids is 2. The normalized spacial score (nSPS) is 11.2. The number of rotatable bonds is 7. The lowest BCUT2D eigenvalue weighted by Crippen LogP contribution is -2.15. The highest BCUT2D eigenvalue weighted by atomic mass is 16.5. The number of nitrogens with one attached hydrogen (secondary N) is 1. The van der Waals surface area contributed by atoms with Gasteiger partial charge in [0.25, 0.3) is 0 Å². The number of aromatic amines is 1. The van der Waals surface area contributed by atoms with Crippen molar-refractivity contribution >= 4 is 22.7 Å². The molecule has 0 spiro atoms. The van der Waals surface area contributed by atoms with Gasteiger partial charge in [0.05, 0.1) is 0 Å². The van der Waals surface area contributed by atoms with E-state index in [1.54, 1.807) is 12.1 Å². The molecular formula is C23H23N3O4. The molecule has 7 nitrogen and oxygen atoms in total. The van der Waals surface area contributed by atoms with E-state index in [0.717, 1.165) is 27.9 Å². The molecule has 0 aliphatic carbocycles. The van der Waals surface area contributed by atoms with Crippen LogP contribution in [-0.2, 0) is 16.0 Å². The van der Waals surface area contributed by atoms with Gasteiger partial charge in [0.15, 0.2) is 12.4 Å². The molecule has 0 unspecified atom stereocenters. The first-order valence-corrected chi connectivity index (χ1v) is 9.80. The first kappa shape index (κ1) is 19.7. The number of aromatic nitrogens is 3. The maximum Gasteiger partial charge on any atom is 0.306 e. The van der Waals surface area contributed by atoms with Gasteiger partial charge in [0.2, 0.25) is 5.78 Å². The second-order valence-electron chi connectivity index (χ2n) is 7.36. The number of aryl methyl sites for hydroxylation is 3. The van der Waals surface area contributed by atoms with Crippen LogP contribution in [0.4, 0.5) is 0 Å². The Morgan fingerprint density at radius 1 is 1.17 bits per heavy atom. The summed E-state index contributed by atoms with van der Waals surface area (Å²) in [5.41, 5.74) is 4.20. The van der Waals surface area contributed by atoms with Crippen molar-refractivity contribution in [1.82, 2.24) is 14.7 Å². The summed E-state index contributed by atoms with van der Waals surface area (Å²) >= 11 is 0. The molecule has 154 valence electrons. The SMILES string of the molecule is Cc1cc(-n2c(C)cc(C(=O)COC(=O)CCc3c[nH]c4ccccc34)c2C)no1. The Hall–Kier alpha value is -3.61. The molecule has 3 heterocycles. The first-order chi connectivity index (χ1) is 14.4. The summed E-state index contributed by atoms with van der Waals surface area (Å²) in [6.07, 6.45) is 2.67. The number of para-hydroxylation sites is 1. The molecule has 3 aromatic heterocycles. The van der Waals surface area contributed by atoms with E-state index >= 15 is 0 Å². The Morgan fingerprint density at radius 3 is 2.73 bits per heavy atom. The molecule has 0 fully saturated rings. The standard InChI is InChI=1S/C23H23N3O4/c1-14-10-19(16(3)26(14)22-11-15(2)30-25-22)21(27)13-29-23(28)9-8-17-12-24-20-7-5-4-6-18(17)20/h4-7,10-12,24H,8-9,13H2,1-3H3. The van der Waals surface area contributed by atoms with Crippen molar-refractivity contribution in [1.29, 1.82) is 0 Å². The van der Waals surface area contributed by atoms with Gasteiger partial charge in [-0.2, -0.15) is 0 Å². The van der Waals surface area contributed by atoms with Gasteiger partial charge in [-0.3, -0.25) is 14.2 Å². The highest BCUT2D eigenvalue weighted by molar-refractivity contribution is 5.99. The van der Waals surface area contributed by atoms with Crippen molar-refractivity contribution < 1.29 is 18.8 Å². The topological polar surface area (TPSA) is 90.1 Å². The molecule has 1 N–H and O–H groups in total. The van der Waals surface area contributed by atoms with Crippen molar-refractivity contribution in [3.63, 3.8) is 0 Å². The third kappa shape index (κ3) is 3.78. The average molecular weight is 405 g/mol. The highest BCUT2D eigenvalue weighted by Gasteiger charge is 2.19. The number of hydrogen-bond donors (Lipinski definition) is 1. The average Bonchev–Trinajstić information content (AvgIpc) is 3.42. The van der Waals surface area contributed by atoms with E-state index in [2.05, 4.69) is 10.1 Å². The number of ether oxygens (including phenoxy) is 1. The molecule has 0 bridgehead atoms. The number of H-pyrrole nitrogens is 1. The van der Waals surface area contributed by atoms with E-state index in [1.165, 1.54) is 0 Å². The largest absolute Gasteiger partial charge is 0.457 e. The Morgan fingerprint density at radius 2 is 1.97 bits per heavy atom. The minimum absolute atomic E-state index is 0.215. The summed E-state index contributed by atoms with van der Waals surface area (Å²) in [7, 11) is 0. The number of nitrogens with zero attached hydrogens (tertiary/aromatic N) is 2. The Bertz CT molecular complexity index is 1230. The molecule has 0 saturated carbocycles. The van der Waals surface area contributed by atoms with Crippen LogP contribution in [0.3, 0.4) is 0 Å². The lowest BCUT2D eigenvalue weighted by molar-refractivity contribution is -0.142. The summed E-state index contributed by atoms with van der Waals surface area (Å²) in [6.45, 7) is 5.26. The lowest BCUT2D eigenvalue weighted by atomic mass is 10.1. The molecular weight excluding hydrogens is 382 g/mol. The van der Waals surface area contributed by atoms with E-state index in [1.807, 2.05) is 55.8 Å². The highest BCUT2D eigenvalue weighted by Crippen LogP contribution is 2.22. The predicted octanol–water partition coefficient (Wildman–Crippen LogP) is 4.23. The minimum Gasteiger partial charge on any atom is -0.457 e. The van der Waals surface area contributed by atoms with Gasteiger partial charge in [-0.1, -0.05) is 23.4 Å². The number of hydrogen-bond acceptors (Lipinski definition) is 5.